The summed E-state index contributed by atoms with van der Waals surface area (Å²) < 4.78 is 46.2. The van der Waals surface area contributed by atoms with Crippen molar-refractivity contribution < 1.29 is 17.9 Å². The molecule has 0 aliphatic heterocycles. The first kappa shape index (κ1) is 23.4. The van der Waals surface area contributed by atoms with E-state index in [0.717, 1.165) is 29.0 Å². The molecule has 0 spiro atoms. The van der Waals surface area contributed by atoms with Gasteiger partial charge in [-0.25, -0.2) is 4.98 Å². The van der Waals surface area contributed by atoms with E-state index in [4.69, 9.17) is 9.72 Å². The van der Waals surface area contributed by atoms with Gasteiger partial charge in [-0.2, -0.15) is 13.2 Å². The first-order valence-corrected chi connectivity index (χ1v) is 12.0. The van der Waals surface area contributed by atoms with Crippen LogP contribution in [0, 0.1) is 6.92 Å². The Morgan fingerprint density at radius 1 is 1.15 bits per heavy atom. The predicted octanol–water partition coefficient (Wildman–Crippen LogP) is 6.64. The number of methoxy groups -OCH3 is 1. The molecular formula is C24H21F3N2O2S2. The second kappa shape index (κ2) is 9.23. The number of ether oxygens (including phenoxy) is 1. The zero-order valence-corrected chi connectivity index (χ0v) is 19.8. The summed E-state index contributed by atoms with van der Waals surface area (Å²) in [4.78, 5) is 20.1. The third kappa shape index (κ3) is 4.65. The SMILES string of the molecule is CCc1sc2nc(SCc3cccc(C(F)(F)F)c3)n(-c3cccc(OC)c3)c(=O)c2c1C. The number of rotatable bonds is 6. The second-order valence-corrected chi connectivity index (χ2v) is 9.43. The molecule has 0 unspecified atom stereocenters. The molecule has 4 rings (SSSR count). The molecule has 33 heavy (non-hydrogen) atoms. The molecule has 0 aliphatic rings. The van der Waals surface area contributed by atoms with Crippen molar-refractivity contribution in [3.8, 4) is 11.4 Å². The van der Waals surface area contributed by atoms with E-state index in [-0.39, 0.29) is 11.3 Å². The van der Waals surface area contributed by atoms with Crippen LogP contribution in [0.3, 0.4) is 0 Å². The Bertz CT molecular complexity index is 1380. The molecule has 0 aliphatic carbocycles. The van der Waals surface area contributed by atoms with Gasteiger partial charge in [0.1, 0.15) is 10.6 Å². The topological polar surface area (TPSA) is 44.1 Å². The number of fused-ring (bicyclic) bond motifs is 1. The summed E-state index contributed by atoms with van der Waals surface area (Å²) in [6.45, 7) is 3.95. The molecule has 4 nitrogen and oxygen atoms in total. The summed E-state index contributed by atoms with van der Waals surface area (Å²) in [6, 6.07) is 12.3. The lowest BCUT2D eigenvalue weighted by atomic mass is 10.1. The summed E-state index contributed by atoms with van der Waals surface area (Å²) in [5, 5.41) is 0.991. The first-order chi connectivity index (χ1) is 15.7. The predicted molar refractivity (Wildman–Crippen MR) is 127 cm³/mol. The van der Waals surface area contributed by atoms with Gasteiger partial charge in [0.05, 0.1) is 23.7 Å². The van der Waals surface area contributed by atoms with Crippen LogP contribution in [0.4, 0.5) is 13.2 Å². The van der Waals surface area contributed by atoms with Gasteiger partial charge in [0.2, 0.25) is 0 Å². The molecule has 0 N–H and O–H groups in total. The summed E-state index contributed by atoms with van der Waals surface area (Å²) >= 11 is 2.71. The fourth-order valence-corrected chi connectivity index (χ4v) is 5.72. The molecule has 0 bridgehead atoms. The maximum absolute atomic E-state index is 13.6. The van der Waals surface area contributed by atoms with Crippen LogP contribution < -0.4 is 10.3 Å². The fraction of sp³-hybridized carbons (Fsp3) is 0.250. The third-order valence-corrected chi connectivity index (χ3v) is 7.63. The molecule has 2 heterocycles. The zero-order valence-electron chi connectivity index (χ0n) is 18.2. The quantitative estimate of drug-likeness (QED) is 0.225. The Labute approximate surface area is 197 Å². The number of thioether (sulfide) groups is 1. The van der Waals surface area contributed by atoms with Crippen molar-refractivity contribution in [3.63, 3.8) is 0 Å². The standard InChI is InChI=1S/C24H21F3N2O2S2/c1-4-19-14(2)20-21(33-19)28-23(29(22(20)30)17-9-6-10-18(12-17)31-3)32-13-15-7-5-8-16(11-15)24(25,26)27/h5-12H,4,13H2,1-3H3. The van der Waals surface area contributed by atoms with Crippen molar-refractivity contribution in [3.05, 3.63) is 80.5 Å². The number of hydrogen-bond acceptors (Lipinski definition) is 5. The minimum Gasteiger partial charge on any atom is -0.497 e. The third-order valence-electron chi connectivity index (χ3n) is 5.29. The molecule has 0 saturated carbocycles. The first-order valence-electron chi connectivity index (χ1n) is 10.2. The highest BCUT2D eigenvalue weighted by atomic mass is 32.2. The van der Waals surface area contributed by atoms with Gasteiger partial charge in [0.15, 0.2) is 5.16 Å². The van der Waals surface area contributed by atoms with Crippen LogP contribution in [0.15, 0.2) is 58.5 Å². The van der Waals surface area contributed by atoms with Gasteiger partial charge in [-0.15, -0.1) is 11.3 Å². The van der Waals surface area contributed by atoms with Crippen LogP contribution in [-0.4, -0.2) is 16.7 Å². The van der Waals surface area contributed by atoms with Gasteiger partial charge in [0, 0.05) is 16.7 Å². The van der Waals surface area contributed by atoms with E-state index < -0.39 is 11.7 Å². The molecular weight excluding hydrogens is 469 g/mol. The normalized spacial score (nSPS) is 11.8. The molecule has 9 heteroatoms. The molecule has 0 fully saturated rings. The molecule has 0 saturated heterocycles. The van der Waals surface area contributed by atoms with E-state index in [0.29, 0.717) is 32.4 Å². The van der Waals surface area contributed by atoms with Crippen LogP contribution in [0.5, 0.6) is 5.75 Å². The van der Waals surface area contributed by atoms with E-state index in [1.807, 2.05) is 13.8 Å². The number of thiophene rings is 1. The number of halogens is 3. The average molecular weight is 491 g/mol. The van der Waals surface area contributed by atoms with E-state index in [9.17, 15) is 18.0 Å². The maximum Gasteiger partial charge on any atom is 0.416 e. The number of hydrogen-bond donors (Lipinski definition) is 0. The van der Waals surface area contributed by atoms with Crippen molar-refractivity contribution in [2.45, 2.75) is 37.4 Å². The smallest absolute Gasteiger partial charge is 0.416 e. The zero-order chi connectivity index (χ0) is 23.8. The highest BCUT2D eigenvalue weighted by Crippen LogP contribution is 2.33. The fourth-order valence-electron chi connectivity index (χ4n) is 3.61. The molecule has 172 valence electrons. The van der Waals surface area contributed by atoms with Crippen molar-refractivity contribution in [2.75, 3.05) is 7.11 Å². The van der Waals surface area contributed by atoms with E-state index in [1.165, 1.54) is 33.7 Å². The maximum atomic E-state index is 13.6. The monoisotopic (exact) mass is 490 g/mol. The lowest BCUT2D eigenvalue weighted by molar-refractivity contribution is -0.137. The van der Waals surface area contributed by atoms with Crippen molar-refractivity contribution >= 4 is 33.3 Å². The molecule has 4 aromatic rings. The van der Waals surface area contributed by atoms with Gasteiger partial charge in [0.25, 0.3) is 5.56 Å². The second-order valence-electron chi connectivity index (χ2n) is 7.41. The minimum absolute atomic E-state index is 0.201. The Morgan fingerprint density at radius 2 is 1.91 bits per heavy atom. The van der Waals surface area contributed by atoms with E-state index in [1.54, 1.807) is 37.4 Å². The number of nitrogens with zero attached hydrogens (tertiary/aromatic N) is 2. The summed E-state index contributed by atoms with van der Waals surface area (Å²) in [7, 11) is 1.54. The lowest BCUT2D eigenvalue weighted by Gasteiger charge is -2.14. The van der Waals surface area contributed by atoms with Crippen molar-refractivity contribution in [1.29, 1.82) is 0 Å². The summed E-state index contributed by atoms with van der Waals surface area (Å²) in [5.41, 5.74) is 1.10. The van der Waals surface area contributed by atoms with Crippen molar-refractivity contribution in [2.24, 2.45) is 0 Å². The molecule has 0 radical (unpaired) electrons. The Hall–Kier alpha value is -2.78. The number of aromatic nitrogens is 2. The molecule has 2 aromatic carbocycles. The van der Waals surface area contributed by atoms with Gasteiger partial charge < -0.3 is 4.74 Å². The molecule has 0 amide bonds. The Morgan fingerprint density at radius 3 is 2.61 bits per heavy atom. The highest BCUT2D eigenvalue weighted by Gasteiger charge is 2.30. The number of benzene rings is 2. The Balaban J connectivity index is 1.83. The van der Waals surface area contributed by atoms with E-state index in [2.05, 4.69) is 0 Å². The summed E-state index contributed by atoms with van der Waals surface area (Å²) in [5.74, 6) is 0.821. The van der Waals surface area contributed by atoms with Crippen LogP contribution in [0.1, 0.15) is 28.5 Å². The van der Waals surface area contributed by atoms with Crippen LogP contribution in [0.2, 0.25) is 0 Å². The van der Waals surface area contributed by atoms with Gasteiger partial charge in [-0.05, 0) is 42.7 Å². The van der Waals surface area contributed by atoms with Crippen LogP contribution in [-0.2, 0) is 18.3 Å². The van der Waals surface area contributed by atoms with Gasteiger partial charge in [-0.3, -0.25) is 9.36 Å². The molecule has 0 atom stereocenters. The van der Waals surface area contributed by atoms with E-state index >= 15 is 0 Å². The lowest BCUT2D eigenvalue weighted by Crippen LogP contribution is -2.21. The van der Waals surface area contributed by atoms with Crippen LogP contribution >= 0.6 is 23.1 Å². The number of alkyl halides is 3. The summed E-state index contributed by atoms with van der Waals surface area (Å²) in [6.07, 6.45) is -3.62. The molecule has 2 aromatic heterocycles. The van der Waals surface area contributed by atoms with Crippen LogP contribution in [0.25, 0.3) is 15.9 Å². The Kier molecular flexibility index (Phi) is 6.54. The van der Waals surface area contributed by atoms with Gasteiger partial charge in [-0.1, -0.05) is 43.0 Å². The number of aryl methyl sites for hydroxylation is 2. The minimum atomic E-state index is -4.41. The van der Waals surface area contributed by atoms with Gasteiger partial charge >= 0.3 is 6.18 Å². The van der Waals surface area contributed by atoms with Crippen molar-refractivity contribution in [1.82, 2.24) is 9.55 Å². The average Bonchev–Trinajstić information content (AvgIpc) is 3.13. The highest BCUT2D eigenvalue weighted by molar-refractivity contribution is 7.98. The largest absolute Gasteiger partial charge is 0.497 e.